The van der Waals surface area contributed by atoms with Gasteiger partial charge in [0.15, 0.2) is 0 Å². The summed E-state index contributed by atoms with van der Waals surface area (Å²) in [5, 5.41) is 0.383. The molecule has 0 saturated carbocycles. The molecule has 0 spiro atoms. The van der Waals surface area contributed by atoms with Gasteiger partial charge in [0, 0.05) is 12.4 Å². The number of halogens is 1. The molecule has 0 aromatic carbocycles. The van der Waals surface area contributed by atoms with Gasteiger partial charge in [-0.25, -0.2) is 0 Å². The first-order valence-electron chi connectivity index (χ1n) is 5.69. The van der Waals surface area contributed by atoms with Crippen LogP contribution in [0.25, 0.3) is 0 Å². The number of aryl methyl sites for hydroxylation is 1. The summed E-state index contributed by atoms with van der Waals surface area (Å²) in [6.07, 6.45) is 5.39. The number of rotatable bonds is 5. The molecule has 0 aliphatic heterocycles. The minimum Gasteiger partial charge on any atom is -0.476 e. The van der Waals surface area contributed by atoms with Crippen LogP contribution in [-0.4, -0.2) is 16.6 Å². The topological polar surface area (TPSA) is 61.0 Å². The Hall–Kier alpha value is -1.81. The van der Waals surface area contributed by atoms with Gasteiger partial charge in [0.1, 0.15) is 5.15 Å². The van der Waals surface area contributed by atoms with Crippen molar-refractivity contribution < 1.29 is 4.74 Å². The summed E-state index contributed by atoms with van der Waals surface area (Å²) in [5.74, 6) is 0.400. The van der Waals surface area contributed by atoms with Crippen LogP contribution < -0.4 is 10.5 Å². The Morgan fingerprint density at radius 1 is 1.17 bits per heavy atom. The molecule has 0 saturated heterocycles. The molecule has 5 heteroatoms. The maximum atomic E-state index is 5.77. The van der Waals surface area contributed by atoms with E-state index in [2.05, 4.69) is 9.97 Å². The number of hydrogen-bond acceptors (Lipinski definition) is 4. The lowest BCUT2D eigenvalue weighted by Crippen LogP contribution is -2.03. The third-order valence-corrected chi connectivity index (χ3v) is 2.66. The normalized spacial score (nSPS) is 10.3. The average Bonchev–Trinajstić information content (AvgIpc) is 2.40. The maximum Gasteiger partial charge on any atom is 0.238 e. The van der Waals surface area contributed by atoms with Crippen molar-refractivity contribution in [2.24, 2.45) is 0 Å². The van der Waals surface area contributed by atoms with E-state index < -0.39 is 0 Å². The first-order valence-corrected chi connectivity index (χ1v) is 6.07. The summed E-state index contributed by atoms with van der Waals surface area (Å²) in [5.41, 5.74) is 7.47. The Balaban J connectivity index is 1.80. The smallest absolute Gasteiger partial charge is 0.238 e. The van der Waals surface area contributed by atoms with Gasteiger partial charge in [-0.05, 0) is 42.7 Å². The van der Waals surface area contributed by atoms with Crippen molar-refractivity contribution in [3.8, 4) is 5.88 Å². The monoisotopic (exact) mass is 263 g/mol. The Labute approximate surface area is 111 Å². The van der Waals surface area contributed by atoms with Gasteiger partial charge in [0.2, 0.25) is 5.88 Å². The van der Waals surface area contributed by atoms with Gasteiger partial charge in [-0.15, -0.1) is 0 Å². The van der Waals surface area contributed by atoms with Gasteiger partial charge in [0.05, 0.1) is 12.3 Å². The highest BCUT2D eigenvalue weighted by molar-refractivity contribution is 6.29. The van der Waals surface area contributed by atoms with E-state index in [0.29, 0.717) is 23.3 Å². The van der Waals surface area contributed by atoms with Gasteiger partial charge in [-0.1, -0.05) is 11.6 Å². The lowest BCUT2D eigenvalue weighted by molar-refractivity contribution is 0.301. The van der Waals surface area contributed by atoms with Crippen molar-refractivity contribution in [3.63, 3.8) is 0 Å². The van der Waals surface area contributed by atoms with Gasteiger partial charge in [-0.2, -0.15) is 4.98 Å². The molecular formula is C13H14ClN3O. The molecule has 94 valence electrons. The van der Waals surface area contributed by atoms with E-state index in [0.717, 1.165) is 12.8 Å². The summed E-state index contributed by atoms with van der Waals surface area (Å²) >= 11 is 5.77. The van der Waals surface area contributed by atoms with Crippen molar-refractivity contribution in [1.82, 2.24) is 9.97 Å². The molecule has 2 aromatic rings. The van der Waals surface area contributed by atoms with Crippen molar-refractivity contribution in [2.45, 2.75) is 12.8 Å². The summed E-state index contributed by atoms with van der Waals surface area (Å²) in [6.45, 7) is 0.555. The molecule has 18 heavy (non-hydrogen) atoms. The number of nitrogen functional groups attached to an aromatic ring is 1. The van der Waals surface area contributed by atoms with E-state index in [1.165, 1.54) is 5.56 Å². The van der Waals surface area contributed by atoms with Crippen LogP contribution in [0.2, 0.25) is 5.15 Å². The Morgan fingerprint density at radius 3 is 2.72 bits per heavy atom. The third kappa shape index (κ3) is 3.60. The van der Waals surface area contributed by atoms with Crippen molar-refractivity contribution in [3.05, 3.63) is 47.4 Å². The number of nitrogens with two attached hydrogens (primary N) is 1. The second kappa shape index (κ2) is 6.21. The molecule has 2 N–H and O–H groups in total. The molecule has 2 heterocycles. The van der Waals surface area contributed by atoms with Crippen LogP contribution in [0.3, 0.4) is 0 Å². The van der Waals surface area contributed by atoms with E-state index in [1.54, 1.807) is 24.5 Å². The predicted molar refractivity (Wildman–Crippen MR) is 71.7 cm³/mol. The molecule has 0 aliphatic rings. The summed E-state index contributed by atoms with van der Waals surface area (Å²) < 4.78 is 5.50. The van der Waals surface area contributed by atoms with Gasteiger partial charge in [0.25, 0.3) is 0 Å². The van der Waals surface area contributed by atoms with E-state index in [1.807, 2.05) is 12.1 Å². The lowest BCUT2D eigenvalue weighted by Gasteiger charge is -2.07. The fourth-order valence-electron chi connectivity index (χ4n) is 1.54. The zero-order valence-electron chi connectivity index (χ0n) is 9.84. The molecule has 0 unspecified atom stereocenters. The standard InChI is InChI=1S/C13H14ClN3O/c14-12-4-3-11(15)13(17-12)18-9-1-2-10-5-7-16-8-6-10/h3-8H,1-2,9,15H2. The van der Waals surface area contributed by atoms with Crippen molar-refractivity contribution in [1.29, 1.82) is 0 Å². The summed E-state index contributed by atoms with van der Waals surface area (Å²) in [6, 6.07) is 7.31. The summed E-state index contributed by atoms with van der Waals surface area (Å²) in [7, 11) is 0. The second-order valence-electron chi connectivity index (χ2n) is 3.84. The SMILES string of the molecule is Nc1ccc(Cl)nc1OCCCc1ccncc1. The number of anilines is 1. The molecule has 0 radical (unpaired) electrons. The number of pyridine rings is 2. The van der Waals surface area contributed by atoms with E-state index in [4.69, 9.17) is 22.1 Å². The van der Waals surface area contributed by atoms with E-state index in [-0.39, 0.29) is 0 Å². The van der Waals surface area contributed by atoms with Crippen LogP contribution in [0, 0.1) is 0 Å². The molecular weight excluding hydrogens is 250 g/mol. The van der Waals surface area contributed by atoms with Crippen LogP contribution >= 0.6 is 11.6 Å². The second-order valence-corrected chi connectivity index (χ2v) is 4.22. The van der Waals surface area contributed by atoms with E-state index >= 15 is 0 Å². The van der Waals surface area contributed by atoms with Gasteiger partial charge >= 0.3 is 0 Å². The fraction of sp³-hybridized carbons (Fsp3) is 0.231. The number of nitrogens with zero attached hydrogens (tertiary/aromatic N) is 2. The molecule has 2 aromatic heterocycles. The quantitative estimate of drug-likeness (QED) is 0.666. The number of hydrogen-bond donors (Lipinski definition) is 1. The predicted octanol–water partition coefficient (Wildman–Crippen LogP) is 2.72. The molecule has 0 aliphatic carbocycles. The Bertz CT molecular complexity index is 505. The zero-order chi connectivity index (χ0) is 12.8. The molecule has 4 nitrogen and oxygen atoms in total. The first kappa shape index (κ1) is 12.6. The minimum atomic E-state index is 0.383. The van der Waals surface area contributed by atoms with Crippen LogP contribution in [-0.2, 0) is 6.42 Å². The first-order chi connectivity index (χ1) is 8.75. The average molecular weight is 264 g/mol. The maximum absolute atomic E-state index is 5.77. The highest BCUT2D eigenvalue weighted by Crippen LogP contribution is 2.20. The molecule has 0 atom stereocenters. The van der Waals surface area contributed by atoms with Crippen LogP contribution in [0.5, 0.6) is 5.88 Å². The van der Waals surface area contributed by atoms with Crippen LogP contribution in [0.15, 0.2) is 36.7 Å². The third-order valence-electron chi connectivity index (χ3n) is 2.45. The zero-order valence-corrected chi connectivity index (χ0v) is 10.6. The Kier molecular flexibility index (Phi) is 4.36. The summed E-state index contributed by atoms with van der Waals surface area (Å²) in [4.78, 5) is 8.00. The molecule has 0 bridgehead atoms. The number of aromatic nitrogens is 2. The lowest BCUT2D eigenvalue weighted by atomic mass is 10.1. The largest absolute Gasteiger partial charge is 0.476 e. The fourth-order valence-corrected chi connectivity index (χ4v) is 1.68. The van der Waals surface area contributed by atoms with Crippen molar-refractivity contribution >= 4 is 17.3 Å². The minimum absolute atomic E-state index is 0.383. The highest BCUT2D eigenvalue weighted by Gasteiger charge is 2.03. The molecule has 0 amide bonds. The van der Waals surface area contributed by atoms with Gasteiger partial charge in [-0.3, -0.25) is 4.98 Å². The highest BCUT2D eigenvalue weighted by atomic mass is 35.5. The van der Waals surface area contributed by atoms with Gasteiger partial charge < -0.3 is 10.5 Å². The van der Waals surface area contributed by atoms with Crippen LogP contribution in [0.4, 0.5) is 5.69 Å². The molecule has 0 fully saturated rings. The Morgan fingerprint density at radius 2 is 1.94 bits per heavy atom. The van der Waals surface area contributed by atoms with E-state index in [9.17, 15) is 0 Å². The van der Waals surface area contributed by atoms with Crippen LogP contribution in [0.1, 0.15) is 12.0 Å². The van der Waals surface area contributed by atoms with Crippen molar-refractivity contribution in [2.75, 3.05) is 12.3 Å². The molecule has 2 rings (SSSR count). The number of ether oxygens (including phenoxy) is 1.